The number of benzene rings is 1. The van der Waals surface area contributed by atoms with Crippen LogP contribution < -0.4 is 10.6 Å². The van der Waals surface area contributed by atoms with Gasteiger partial charge in [-0.1, -0.05) is 35.3 Å². The summed E-state index contributed by atoms with van der Waals surface area (Å²) in [7, 11) is 0. The van der Waals surface area contributed by atoms with Crippen molar-refractivity contribution in [3.63, 3.8) is 0 Å². The minimum atomic E-state index is -0.520. The van der Waals surface area contributed by atoms with Gasteiger partial charge in [0.05, 0.1) is 36.5 Å². The Kier molecular flexibility index (Phi) is 11.2. The summed E-state index contributed by atoms with van der Waals surface area (Å²) in [5, 5.41) is 8.98. The van der Waals surface area contributed by atoms with Gasteiger partial charge in [0.15, 0.2) is 0 Å². The van der Waals surface area contributed by atoms with E-state index in [0.29, 0.717) is 74.0 Å². The minimum absolute atomic E-state index is 0.164. The predicted octanol–water partition coefficient (Wildman–Crippen LogP) is 4.86. The zero-order valence-corrected chi connectivity index (χ0v) is 23.5. The zero-order valence-electron chi connectivity index (χ0n) is 21.1. The molecule has 1 aromatic heterocycles. The Labute approximate surface area is 231 Å². The lowest BCUT2D eigenvalue weighted by molar-refractivity contribution is -0.113. The summed E-state index contributed by atoms with van der Waals surface area (Å²) in [5.74, 6) is 0.336. The van der Waals surface area contributed by atoms with E-state index in [9.17, 15) is 9.59 Å². The zero-order chi connectivity index (χ0) is 26.8. The lowest BCUT2D eigenvalue weighted by Gasteiger charge is -2.19. The van der Waals surface area contributed by atoms with Crippen molar-refractivity contribution >= 4 is 52.4 Å². The smallest absolute Gasteiger partial charge is 0.407 e. The van der Waals surface area contributed by atoms with Crippen molar-refractivity contribution in [2.24, 2.45) is 0 Å². The van der Waals surface area contributed by atoms with Crippen LogP contribution >= 0.6 is 34.5 Å². The normalized spacial score (nSPS) is 13.9. The fourth-order valence-corrected chi connectivity index (χ4v) is 4.34. The van der Waals surface area contributed by atoms with Gasteiger partial charge in [-0.2, -0.15) is 0 Å². The van der Waals surface area contributed by atoms with Gasteiger partial charge in [-0.15, -0.1) is 11.3 Å². The van der Waals surface area contributed by atoms with Crippen molar-refractivity contribution in [1.29, 1.82) is 0 Å². The molecule has 2 amide bonds. The standard InChI is InChI=1S/C25H32Cl2N4O5S/c1-25(2,3)36-24(33)28-7-10-34-12-13-35-11-9-31-8-6-18(15-31)22(32)29-21-16-37-23(30-21)17-4-5-19(26)20(27)14-17/h4-6,14,16H,7-13,15H2,1-3H3,(H,28,33)(H,29,32). The molecule has 0 saturated carbocycles. The minimum Gasteiger partial charge on any atom is -0.444 e. The van der Waals surface area contributed by atoms with E-state index in [2.05, 4.69) is 20.5 Å². The first-order valence-corrected chi connectivity index (χ1v) is 13.5. The lowest BCUT2D eigenvalue weighted by Crippen LogP contribution is -2.34. The number of anilines is 1. The van der Waals surface area contributed by atoms with Gasteiger partial charge in [-0.3, -0.25) is 9.69 Å². The number of carbonyl (C=O) groups is 2. The number of ether oxygens (including phenoxy) is 3. The maximum absolute atomic E-state index is 12.7. The molecule has 2 aromatic rings. The molecule has 37 heavy (non-hydrogen) atoms. The summed E-state index contributed by atoms with van der Waals surface area (Å²) in [4.78, 5) is 30.8. The molecule has 3 rings (SSSR count). The number of rotatable bonds is 12. The van der Waals surface area contributed by atoms with Gasteiger partial charge in [0.1, 0.15) is 16.4 Å². The highest BCUT2D eigenvalue weighted by atomic mass is 35.5. The fourth-order valence-electron chi connectivity index (χ4n) is 3.29. The third kappa shape index (κ3) is 10.2. The van der Waals surface area contributed by atoms with Gasteiger partial charge in [-0.05, 0) is 32.9 Å². The van der Waals surface area contributed by atoms with Crippen LogP contribution in [-0.4, -0.2) is 80.1 Å². The summed E-state index contributed by atoms with van der Waals surface area (Å²) in [6, 6.07) is 5.32. The Balaban J connectivity index is 1.26. The molecule has 1 aliphatic rings. The fraction of sp³-hybridized carbons (Fsp3) is 0.480. The molecule has 9 nitrogen and oxygen atoms in total. The summed E-state index contributed by atoms with van der Waals surface area (Å²) >= 11 is 13.5. The van der Waals surface area contributed by atoms with Crippen molar-refractivity contribution in [1.82, 2.24) is 15.2 Å². The average molecular weight is 572 g/mol. The number of nitrogens with one attached hydrogen (secondary N) is 2. The van der Waals surface area contributed by atoms with E-state index in [0.717, 1.165) is 10.6 Å². The molecule has 0 radical (unpaired) electrons. The van der Waals surface area contributed by atoms with E-state index < -0.39 is 11.7 Å². The first-order valence-electron chi connectivity index (χ1n) is 11.9. The summed E-state index contributed by atoms with van der Waals surface area (Å²) < 4.78 is 16.2. The number of hydrogen-bond donors (Lipinski definition) is 2. The molecule has 1 aromatic carbocycles. The first-order chi connectivity index (χ1) is 17.6. The Hall–Kier alpha value is -2.21. The SMILES string of the molecule is CC(C)(C)OC(=O)NCCOCCOCCN1CC=C(C(=O)Nc2csc(-c3ccc(Cl)c(Cl)c3)n2)C1. The third-order valence-electron chi connectivity index (χ3n) is 5.03. The second-order valence-corrected chi connectivity index (χ2v) is 10.9. The number of halogens is 2. The number of nitrogens with zero attached hydrogens (tertiary/aromatic N) is 2. The molecule has 1 aliphatic heterocycles. The van der Waals surface area contributed by atoms with Crippen LogP contribution in [0.25, 0.3) is 10.6 Å². The second-order valence-electron chi connectivity index (χ2n) is 9.24. The van der Waals surface area contributed by atoms with Crippen LogP contribution in [-0.2, 0) is 19.0 Å². The largest absolute Gasteiger partial charge is 0.444 e. The molecule has 0 aliphatic carbocycles. The maximum atomic E-state index is 12.7. The highest BCUT2D eigenvalue weighted by Gasteiger charge is 2.20. The van der Waals surface area contributed by atoms with Crippen LogP contribution in [0.1, 0.15) is 20.8 Å². The van der Waals surface area contributed by atoms with Crippen molar-refractivity contribution in [2.45, 2.75) is 26.4 Å². The molecule has 12 heteroatoms. The molecule has 0 spiro atoms. The van der Waals surface area contributed by atoms with Gasteiger partial charge in [0.25, 0.3) is 5.91 Å². The van der Waals surface area contributed by atoms with Crippen LogP contribution in [0, 0.1) is 0 Å². The lowest BCUT2D eigenvalue weighted by atomic mass is 10.2. The third-order valence-corrected chi connectivity index (χ3v) is 6.66. The van der Waals surface area contributed by atoms with Gasteiger partial charge < -0.3 is 24.8 Å². The molecule has 0 saturated heterocycles. The predicted molar refractivity (Wildman–Crippen MR) is 147 cm³/mol. The first kappa shape index (κ1) is 29.3. The summed E-state index contributed by atoms with van der Waals surface area (Å²) in [6.45, 7) is 9.53. The Morgan fingerprint density at radius 1 is 1.11 bits per heavy atom. The van der Waals surface area contributed by atoms with Crippen LogP contribution in [0.4, 0.5) is 10.6 Å². The second kappa shape index (κ2) is 14.1. The molecule has 0 unspecified atom stereocenters. The summed E-state index contributed by atoms with van der Waals surface area (Å²) in [5.41, 5.74) is 1.02. The number of amides is 2. The monoisotopic (exact) mass is 570 g/mol. The highest BCUT2D eigenvalue weighted by molar-refractivity contribution is 7.13. The molecule has 0 bridgehead atoms. The van der Waals surface area contributed by atoms with E-state index in [1.54, 1.807) is 17.5 Å². The topological polar surface area (TPSA) is 102 Å². The molecule has 2 N–H and O–H groups in total. The van der Waals surface area contributed by atoms with E-state index in [1.807, 2.05) is 32.9 Å². The van der Waals surface area contributed by atoms with Crippen LogP contribution in [0.15, 0.2) is 35.2 Å². The van der Waals surface area contributed by atoms with Crippen molar-refractivity contribution in [3.05, 3.63) is 45.3 Å². The van der Waals surface area contributed by atoms with Gasteiger partial charge >= 0.3 is 6.09 Å². The Bertz CT molecular complexity index is 1100. The Morgan fingerprint density at radius 2 is 1.86 bits per heavy atom. The molecule has 202 valence electrons. The molecule has 0 fully saturated rings. The molecule has 2 heterocycles. The number of thiazole rings is 1. The van der Waals surface area contributed by atoms with Crippen molar-refractivity contribution in [3.8, 4) is 10.6 Å². The quantitative estimate of drug-likeness (QED) is 0.351. The van der Waals surface area contributed by atoms with E-state index in [4.69, 9.17) is 37.4 Å². The van der Waals surface area contributed by atoms with Crippen molar-refractivity contribution < 1.29 is 23.8 Å². The molecular formula is C25H32Cl2N4O5S. The number of hydrogen-bond acceptors (Lipinski definition) is 8. The Morgan fingerprint density at radius 3 is 2.59 bits per heavy atom. The van der Waals surface area contributed by atoms with Crippen LogP contribution in [0.5, 0.6) is 0 Å². The van der Waals surface area contributed by atoms with Gasteiger partial charge in [-0.25, -0.2) is 9.78 Å². The van der Waals surface area contributed by atoms with E-state index >= 15 is 0 Å². The number of carbonyl (C=O) groups excluding carboxylic acids is 2. The van der Waals surface area contributed by atoms with Gasteiger partial charge in [0.2, 0.25) is 0 Å². The molecule has 0 atom stereocenters. The van der Waals surface area contributed by atoms with Crippen LogP contribution in [0.2, 0.25) is 10.0 Å². The number of alkyl carbamates (subject to hydrolysis) is 1. The molecular weight excluding hydrogens is 539 g/mol. The summed E-state index contributed by atoms with van der Waals surface area (Å²) in [6.07, 6.45) is 1.46. The average Bonchev–Trinajstić information content (AvgIpc) is 3.48. The number of aromatic nitrogens is 1. The maximum Gasteiger partial charge on any atom is 0.407 e. The van der Waals surface area contributed by atoms with Gasteiger partial charge in [0, 0.05) is 42.7 Å². The van der Waals surface area contributed by atoms with Crippen molar-refractivity contribution in [2.75, 3.05) is 57.9 Å². The van der Waals surface area contributed by atoms with E-state index in [1.165, 1.54) is 11.3 Å². The van der Waals surface area contributed by atoms with Crippen LogP contribution in [0.3, 0.4) is 0 Å². The van der Waals surface area contributed by atoms with E-state index in [-0.39, 0.29) is 5.91 Å². The highest BCUT2D eigenvalue weighted by Crippen LogP contribution is 2.31.